The molecule has 1 heterocycles. The monoisotopic (exact) mass is 361 g/mol. The number of halogens is 1. The van der Waals surface area contributed by atoms with Gasteiger partial charge in [0.05, 0.1) is 11.8 Å². The van der Waals surface area contributed by atoms with Gasteiger partial charge >= 0.3 is 0 Å². The number of nitrogens with one attached hydrogen (secondary N) is 1. The lowest BCUT2D eigenvalue weighted by atomic mass is 10.1. The zero-order valence-corrected chi connectivity index (χ0v) is 14.8. The number of hydrogen-bond acceptors (Lipinski definition) is 4. The summed E-state index contributed by atoms with van der Waals surface area (Å²) in [6, 6.07) is 8.62. The summed E-state index contributed by atoms with van der Waals surface area (Å²) in [6.45, 7) is 2.49. The number of carbonyl (C=O) groups is 1. The van der Waals surface area contributed by atoms with Crippen molar-refractivity contribution < 1.29 is 13.2 Å². The van der Waals surface area contributed by atoms with Crippen LogP contribution >= 0.6 is 12.4 Å². The van der Waals surface area contributed by atoms with Crippen LogP contribution in [-0.4, -0.2) is 43.8 Å². The third kappa shape index (κ3) is 5.76. The molecular formula is C15H24ClN3O3S. The van der Waals surface area contributed by atoms with Gasteiger partial charge in [-0.1, -0.05) is 30.3 Å². The number of amides is 1. The molecule has 1 amide bonds. The van der Waals surface area contributed by atoms with Crippen molar-refractivity contribution in [2.75, 3.05) is 13.1 Å². The van der Waals surface area contributed by atoms with E-state index in [-0.39, 0.29) is 30.1 Å². The molecule has 3 N–H and O–H groups in total. The van der Waals surface area contributed by atoms with E-state index in [2.05, 4.69) is 5.32 Å². The first kappa shape index (κ1) is 19.9. The number of rotatable bonds is 5. The molecule has 0 spiro atoms. The van der Waals surface area contributed by atoms with E-state index in [1.54, 1.807) is 6.92 Å². The fourth-order valence-electron chi connectivity index (χ4n) is 2.49. The molecule has 0 radical (unpaired) electrons. The summed E-state index contributed by atoms with van der Waals surface area (Å²) in [5.41, 5.74) is 6.30. The minimum Gasteiger partial charge on any atom is -0.352 e. The van der Waals surface area contributed by atoms with E-state index >= 15 is 0 Å². The number of nitrogens with zero attached hydrogens (tertiary/aromatic N) is 1. The van der Waals surface area contributed by atoms with E-state index < -0.39 is 16.1 Å². The number of nitrogens with two attached hydrogens (primary N) is 1. The maximum absolute atomic E-state index is 12.4. The first-order valence-corrected chi connectivity index (χ1v) is 9.07. The minimum absolute atomic E-state index is 0. The van der Waals surface area contributed by atoms with Gasteiger partial charge in [-0.25, -0.2) is 12.7 Å². The lowest BCUT2D eigenvalue weighted by Gasteiger charge is -2.32. The van der Waals surface area contributed by atoms with Gasteiger partial charge in [-0.3, -0.25) is 4.79 Å². The van der Waals surface area contributed by atoms with Crippen molar-refractivity contribution >= 4 is 28.3 Å². The van der Waals surface area contributed by atoms with Crippen LogP contribution in [0.25, 0.3) is 0 Å². The number of hydrogen-bond donors (Lipinski definition) is 2. The Morgan fingerprint density at radius 3 is 2.39 bits per heavy atom. The average Bonchev–Trinajstić information content (AvgIpc) is 2.48. The lowest BCUT2D eigenvalue weighted by molar-refractivity contribution is -0.122. The number of benzene rings is 1. The van der Waals surface area contributed by atoms with Gasteiger partial charge in [-0.15, -0.1) is 12.4 Å². The van der Waals surface area contributed by atoms with Crippen LogP contribution in [0.5, 0.6) is 0 Å². The van der Waals surface area contributed by atoms with Crippen LogP contribution in [0.2, 0.25) is 0 Å². The number of carbonyl (C=O) groups excluding carboxylic acids is 1. The Morgan fingerprint density at radius 1 is 1.30 bits per heavy atom. The van der Waals surface area contributed by atoms with Gasteiger partial charge in [0.1, 0.15) is 0 Å². The Labute approximate surface area is 143 Å². The van der Waals surface area contributed by atoms with E-state index in [1.165, 1.54) is 4.31 Å². The highest BCUT2D eigenvalue weighted by Gasteiger charge is 2.29. The first-order chi connectivity index (χ1) is 10.4. The molecule has 8 heteroatoms. The highest BCUT2D eigenvalue weighted by atomic mass is 35.5. The Bertz CT molecular complexity index is 600. The fraction of sp³-hybridized carbons (Fsp3) is 0.533. The van der Waals surface area contributed by atoms with E-state index in [0.717, 1.165) is 5.56 Å². The number of sulfonamides is 1. The summed E-state index contributed by atoms with van der Waals surface area (Å²) in [5, 5.41) is 2.85. The molecule has 0 aromatic heterocycles. The summed E-state index contributed by atoms with van der Waals surface area (Å²) in [7, 11) is -3.31. The summed E-state index contributed by atoms with van der Waals surface area (Å²) in [4.78, 5) is 11.6. The smallest absolute Gasteiger partial charge is 0.236 e. The normalized spacial score (nSPS) is 18.0. The molecule has 0 unspecified atom stereocenters. The quantitative estimate of drug-likeness (QED) is 0.813. The Morgan fingerprint density at radius 2 is 1.87 bits per heavy atom. The molecule has 130 valence electrons. The summed E-state index contributed by atoms with van der Waals surface area (Å²) < 4.78 is 26.3. The van der Waals surface area contributed by atoms with Crippen LogP contribution in [0.1, 0.15) is 25.3 Å². The predicted octanol–water partition coefficient (Wildman–Crippen LogP) is 0.866. The van der Waals surface area contributed by atoms with E-state index in [0.29, 0.717) is 25.9 Å². The molecule has 2 rings (SSSR count). The Hall–Kier alpha value is -1.15. The van der Waals surface area contributed by atoms with Crippen LogP contribution in [-0.2, 0) is 20.6 Å². The van der Waals surface area contributed by atoms with Crippen LogP contribution in [0, 0.1) is 0 Å². The maximum atomic E-state index is 12.4. The second kappa shape index (κ2) is 8.63. The zero-order valence-electron chi connectivity index (χ0n) is 13.1. The van der Waals surface area contributed by atoms with E-state index in [1.807, 2.05) is 30.3 Å². The molecule has 6 nitrogen and oxygen atoms in total. The highest BCUT2D eigenvalue weighted by molar-refractivity contribution is 7.88. The molecule has 1 aliphatic heterocycles. The zero-order chi connectivity index (χ0) is 16.2. The van der Waals surface area contributed by atoms with Gasteiger partial charge < -0.3 is 11.1 Å². The summed E-state index contributed by atoms with van der Waals surface area (Å²) in [6.07, 6.45) is 1.24. The Kier molecular flexibility index (Phi) is 7.47. The van der Waals surface area contributed by atoms with Crippen LogP contribution in [0.4, 0.5) is 0 Å². The van der Waals surface area contributed by atoms with E-state index in [4.69, 9.17) is 5.73 Å². The summed E-state index contributed by atoms with van der Waals surface area (Å²) in [5.74, 6) is -0.171. The van der Waals surface area contributed by atoms with Crippen molar-refractivity contribution in [3.05, 3.63) is 35.9 Å². The van der Waals surface area contributed by atoms with Crippen molar-refractivity contribution in [3.8, 4) is 0 Å². The minimum atomic E-state index is -3.31. The predicted molar refractivity (Wildman–Crippen MR) is 92.7 cm³/mol. The SMILES string of the molecule is C[C@H](N)C(=O)NC1CCN(S(=O)(=O)Cc2ccccc2)CC1.Cl. The topological polar surface area (TPSA) is 92.5 Å². The van der Waals surface area contributed by atoms with Crippen molar-refractivity contribution in [1.82, 2.24) is 9.62 Å². The van der Waals surface area contributed by atoms with Crippen LogP contribution in [0.15, 0.2) is 30.3 Å². The van der Waals surface area contributed by atoms with Crippen molar-refractivity contribution in [2.45, 2.75) is 37.6 Å². The lowest BCUT2D eigenvalue weighted by Crippen LogP contribution is -2.49. The highest BCUT2D eigenvalue weighted by Crippen LogP contribution is 2.17. The van der Waals surface area contributed by atoms with Gasteiger partial charge in [-0.05, 0) is 25.3 Å². The fourth-order valence-corrected chi connectivity index (χ4v) is 4.05. The molecule has 1 saturated heterocycles. The van der Waals surface area contributed by atoms with Gasteiger partial charge in [-0.2, -0.15) is 0 Å². The molecule has 1 aliphatic rings. The third-order valence-corrected chi connectivity index (χ3v) is 5.65. The molecule has 0 bridgehead atoms. The average molecular weight is 362 g/mol. The van der Waals surface area contributed by atoms with Gasteiger partial charge in [0.2, 0.25) is 15.9 Å². The van der Waals surface area contributed by atoms with E-state index in [9.17, 15) is 13.2 Å². The van der Waals surface area contributed by atoms with Gasteiger partial charge in [0.15, 0.2) is 0 Å². The molecule has 1 atom stereocenters. The van der Waals surface area contributed by atoms with Gasteiger partial charge in [0.25, 0.3) is 0 Å². The molecule has 1 aromatic rings. The van der Waals surface area contributed by atoms with Crippen molar-refractivity contribution in [2.24, 2.45) is 5.73 Å². The molecule has 0 aliphatic carbocycles. The van der Waals surface area contributed by atoms with Crippen molar-refractivity contribution in [1.29, 1.82) is 0 Å². The molecule has 23 heavy (non-hydrogen) atoms. The molecular weight excluding hydrogens is 338 g/mol. The van der Waals surface area contributed by atoms with Crippen molar-refractivity contribution in [3.63, 3.8) is 0 Å². The molecule has 1 fully saturated rings. The first-order valence-electron chi connectivity index (χ1n) is 7.46. The summed E-state index contributed by atoms with van der Waals surface area (Å²) >= 11 is 0. The molecule has 0 saturated carbocycles. The second-order valence-corrected chi connectivity index (χ2v) is 7.68. The third-order valence-electron chi connectivity index (χ3n) is 3.80. The molecule has 1 aromatic carbocycles. The van der Waals surface area contributed by atoms with Crippen LogP contribution in [0.3, 0.4) is 0 Å². The Balaban J connectivity index is 0.00000264. The standard InChI is InChI=1S/C15H23N3O3S.ClH/c1-12(16)15(19)17-14-7-9-18(10-8-14)22(20,21)11-13-5-3-2-4-6-13;/h2-6,12,14H,7-11,16H2,1H3,(H,17,19);1H/t12-;/m0./s1. The van der Waals surface area contributed by atoms with Crippen LogP contribution < -0.4 is 11.1 Å². The maximum Gasteiger partial charge on any atom is 0.236 e. The second-order valence-electron chi connectivity index (χ2n) is 5.71. The van der Waals surface area contributed by atoms with Gasteiger partial charge in [0, 0.05) is 19.1 Å². The largest absolute Gasteiger partial charge is 0.352 e. The number of piperidine rings is 1.